The van der Waals surface area contributed by atoms with Gasteiger partial charge in [-0.3, -0.25) is 16.2 Å². The van der Waals surface area contributed by atoms with Gasteiger partial charge in [-0.15, -0.1) is 0 Å². The van der Waals surface area contributed by atoms with Crippen molar-refractivity contribution < 1.29 is 4.74 Å². The molecule has 1 aliphatic heterocycles. The molecule has 0 aliphatic carbocycles. The number of nitrogens with zero attached hydrogens (tertiary/aromatic N) is 1. The van der Waals surface area contributed by atoms with Crippen molar-refractivity contribution in [2.45, 2.75) is 45.3 Å². The van der Waals surface area contributed by atoms with Crippen molar-refractivity contribution >= 4 is 0 Å². The van der Waals surface area contributed by atoms with Gasteiger partial charge in [-0.1, -0.05) is 26.7 Å². The van der Waals surface area contributed by atoms with Crippen molar-refractivity contribution in [1.29, 1.82) is 0 Å². The third-order valence-electron chi connectivity index (χ3n) is 3.16. The summed E-state index contributed by atoms with van der Waals surface area (Å²) in [5.74, 6) is 5.58. The number of nitrogens with one attached hydrogen (secondary N) is 1. The molecular formula is C11H25N3O. The lowest BCUT2D eigenvalue weighted by atomic mass is 10.0. The Kier molecular flexibility index (Phi) is 6.17. The number of rotatable bonds is 6. The van der Waals surface area contributed by atoms with Crippen LogP contribution in [0.25, 0.3) is 0 Å². The molecule has 0 aromatic rings. The molecule has 90 valence electrons. The smallest absolute Gasteiger partial charge is 0.0868 e. The van der Waals surface area contributed by atoms with E-state index in [1.54, 1.807) is 0 Å². The van der Waals surface area contributed by atoms with E-state index in [0.29, 0.717) is 6.04 Å². The van der Waals surface area contributed by atoms with Gasteiger partial charge in [0.2, 0.25) is 0 Å². The first-order chi connectivity index (χ1) is 7.31. The number of hydrazine groups is 1. The van der Waals surface area contributed by atoms with E-state index in [9.17, 15) is 0 Å². The first-order valence-corrected chi connectivity index (χ1v) is 6.11. The van der Waals surface area contributed by atoms with E-state index < -0.39 is 0 Å². The number of hydrogen-bond donors (Lipinski definition) is 2. The largest absolute Gasteiger partial charge is 0.374 e. The number of ether oxygens (including phenoxy) is 1. The van der Waals surface area contributed by atoms with E-state index in [1.165, 1.54) is 12.8 Å². The minimum atomic E-state index is 0.259. The second-order valence-electron chi connectivity index (χ2n) is 4.22. The van der Waals surface area contributed by atoms with Crippen molar-refractivity contribution in [3.05, 3.63) is 0 Å². The highest BCUT2D eigenvalue weighted by molar-refractivity contribution is 4.81. The van der Waals surface area contributed by atoms with Crippen LogP contribution in [0.1, 0.15) is 33.1 Å². The summed E-state index contributed by atoms with van der Waals surface area (Å²) in [6, 6.07) is 0.305. The molecule has 2 unspecified atom stereocenters. The Hall–Kier alpha value is -0.160. The zero-order valence-electron chi connectivity index (χ0n) is 10.0. The Morgan fingerprint density at radius 2 is 2.33 bits per heavy atom. The Labute approximate surface area is 93.1 Å². The maximum Gasteiger partial charge on any atom is 0.0868 e. The summed E-state index contributed by atoms with van der Waals surface area (Å²) in [4.78, 5) is 2.42. The molecule has 0 aromatic heterocycles. The van der Waals surface area contributed by atoms with Crippen molar-refractivity contribution in [3.8, 4) is 0 Å². The first kappa shape index (κ1) is 12.9. The highest BCUT2D eigenvalue weighted by atomic mass is 16.5. The molecule has 0 aromatic carbocycles. The summed E-state index contributed by atoms with van der Waals surface area (Å²) in [6.45, 7) is 8.40. The van der Waals surface area contributed by atoms with Crippen LogP contribution in [0.4, 0.5) is 0 Å². The quantitative estimate of drug-likeness (QED) is 0.506. The van der Waals surface area contributed by atoms with Gasteiger partial charge in [0.15, 0.2) is 0 Å². The summed E-state index contributed by atoms with van der Waals surface area (Å²) in [6.07, 6.45) is 3.79. The Morgan fingerprint density at radius 1 is 1.53 bits per heavy atom. The van der Waals surface area contributed by atoms with E-state index in [1.807, 2.05) is 0 Å². The van der Waals surface area contributed by atoms with Gasteiger partial charge in [0.05, 0.1) is 12.7 Å². The van der Waals surface area contributed by atoms with Crippen LogP contribution in [0.5, 0.6) is 0 Å². The highest BCUT2D eigenvalue weighted by Gasteiger charge is 2.26. The fourth-order valence-corrected chi connectivity index (χ4v) is 2.06. The van der Waals surface area contributed by atoms with Gasteiger partial charge >= 0.3 is 0 Å². The lowest BCUT2D eigenvalue weighted by molar-refractivity contribution is -0.0464. The van der Waals surface area contributed by atoms with Crippen LogP contribution >= 0.6 is 0 Å². The van der Waals surface area contributed by atoms with Crippen LogP contribution in [0.3, 0.4) is 0 Å². The average molecular weight is 215 g/mol. The van der Waals surface area contributed by atoms with Crippen LogP contribution in [0.15, 0.2) is 0 Å². The van der Waals surface area contributed by atoms with Crippen molar-refractivity contribution in [1.82, 2.24) is 10.3 Å². The summed E-state index contributed by atoms with van der Waals surface area (Å²) in [5, 5.41) is 0. The standard InChI is InChI=1S/C11H25N3O/c1-3-5-6-10(13-12)11-9-14(4-2)7-8-15-11/h10-11,13H,3-9,12H2,1-2H3. The summed E-state index contributed by atoms with van der Waals surface area (Å²) in [5.41, 5.74) is 2.90. The molecule has 0 spiro atoms. The lowest BCUT2D eigenvalue weighted by Gasteiger charge is -2.36. The third-order valence-corrected chi connectivity index (χ3v) is 3.16. The summed E-state index contributed by atoms with van der Waals surface area (Å²) < 4.78 is 5.78. The Bertz CT molecular complexity index is 166. The summed E-state index contributed by atoms with van der Waals surface area (Å²) >= 11 is 0. The molecule has 0 saturated carbocycles. The minimum absolute atomic E-state index is 0.259. The molecule has 2 atom stereocenters. The lowest BCUT2D eigenvalue weighted by Crippen LogP contribution is -2.53. The van der Waals surface area contributed by atoms with Gasteiger partial charge in [0, 0.05) is 19.1 Å². The number of unbranched alkanes of at least 4 members (excludes halogenated alkanes) is 1. The highest BCUT2D eigenvalue weighted by Crippen LogP contribution is 2.12. The van der Waals surface area contributed by atoms with Crippen molar-refractivity contribution in [3.63, 3.8) is 0 Å². The van der Waals surface area contributed by atoms with E-state index in [-0.39, 0.29) is 6.10 Å². The molecule has 0 bridgehead atoms. The van der Waals surface area contributed by atoms with Gasteiger partial charge in [0.25, 0.3) is 0 Å². The van der Waals surface area contributed by atoms with E-state index in [0.717, 1.165) is 32.7 Å². The van der Waals surface area contributed by atoms with Crippen molar-refractivity contribution in [2.24, 2.45) is 5.84 Å². The monoisotopic (exact) mass is 215 g/mol. The normalized spacial score (nSPS) is 25.4. The molecule has 4 heteroatoms. The van der Waals surface area contributed by atoms with E-state index in [4.69, 9.17) is 10.6 Å². The molecule has 1 aliphatic rings. The van der Waals surface area contributed by atoms with Gasteiger partial charge in [0.1, 0.15) is 0 Å². The predicted molar refractivity (Wildman–Crippen MR) is 62.5 cm³/mol. The predicted octanol–water partition coefficient (Wildman–Crippen LogP) is 0.729. The molecule has 1 saturated heterocycles. The average Bonchev–Trinajstić information content (AvgIpc) is 2.30. The van der Waals surface area contributed by atoms with Crippen LogP contribution in [-0.4, -0.2) is 43.3 Å². The third kappa shape index (κ3) is 4.07. The molecular weight excluding hydrogens is 190 g/mol. The second kappa shape index (κ2) is 7.17. The molecule has 4 nitrogen and oxygen atoms in total. The number of nitrogens with two attached hydrogens (primary N) is 1. The molecule has 1 heterocycles. The fraction of sp³-hybridized carbons (Fsp3) is 1.00. The molecule has 1 rings (SSSR count). The molecule has 15 heavy (non-hydrogen) atoms. The van der Waals surface area contributed by atoms with Gasteiger partial charge < -0.3 is 4.74 Å². The van der Waals surface area contributed by atoms with Crippen molar-refractivity contribution in [2.75, 3.05) is 26.2 Å². The van der Waals surface area contributed by atoms with Crippen LogP contribution in [0.2, 0.25) is 0 Å². The van der Waals surface area contributed by atoms with Gasteiger partial charge in [-0.05, 0) is 13.0 Å². The molecule has 3 N–H and O–H groups in total. The molecule has 0 amide bonds. The SMILES string of the molecule is CCCCC(NN)C1CN(CC)CCO1. The second-order valence-corrected chi connectivity index (χ2v) is 4.22. The minimum Gasteiger partial charge on any atom is -0.374 e. The van der Waals surface area contributed by atoms with E-state index in [2.05, 4.69) is 24.2 Å². The molecule has 0 radical (unpaired) electrons. The summed E-state index contributed by atoms with van der Waals surface area (Å²) in [7, 11) is 0. The van der Waals surface area contributed by atoms with Crippen LogP contribution < -0.4 is 11.3 Å². The first-order valence-electron chi connectivity index (χ1n) is 6.11. The van der Waals surface area contributed by atoms with Gasteiger partial charge in [-0.2, -0.15) is 0 Å². The van der Waals surface area contributed by atoms with Crippen LogP contribution in [0, 0.1) is 0 Å². The molecule has 1 fully saturated rings. The maximum atomic E-state index is 5.78. The van der Waals surface area contributed by atoms with Gasteiger partial charge in [-0.25, -0.2) is 0 Å². The Balaban J connectivity index is 2.37. The zero-order valence-corrected chi connectivity index (χ0v) is 10.0. The fourth-order valence-electron chi connectivity index (χ4n) is 2.06. The maximum absolute atomic E-state index is 5.78. The Morgan fingerprint density at radius 3 is 2.93 bits per heavy atom. The van der Waals surface area contributed by atoms with E-state index >= 15 is 0 Å². The topological polar surface area (TPSA) is 50.5 Å². The van der Waals surface area contributed by atoms with Crippen LogP contribution in [-0.2, 0) is 4.74 Å². The zero-order chi connectivity index (χ0) is 11.1. The number of likely N-dealkylation sites (N-methyl/N-ethyl adjacent to an activating group) is 1. The number of morpholine rings is 1. The number of hydrogen-bond acceptors (Lipinski definition) is 4.